The van der Waals surface area contributed by atoms with Crippen molar-refractivity contribution in [3.05, 3.63) is 75.1 Å². The van der Waals surface area contributed by atoms with Gasteiger partial charge >= 0.3 is 0 Å². The first-order valence-corrected chi connectivity index (χ1v) is 12.0. The van der Waals surface area contributed by atoms with Gasteiger partial charge in [-0.3, -0.25) is 4.79 Å². The zero-order valence-corrected chi connectivity index (χ0v) is 20.1. The Bertz CT molecular complexity index is 1160. The second kappa shape index (κ2) is 9.08. The molecule has 6 heteroatoms. The standard InChI is InChI=1S/C26H27ClN2O2S/c1-26(2,3)17-8-13-20-22(14-17)32-25(28-15-16-6-4-5-7-21(16)30)23(20)24(31)29-19-11-9-18(27)10-12-19/h4-7,9-12,15,17,30H,8,13-14H2,1-3H3,(H,29,31)/t17-/m0/s1. The summed E-state index contributed by atoms with van der Waals surface area (Å²) in [6.45, 7) is 6.84. The molecule has 0 radical (unpaired) electrons. The Morgan fingerprint density at radius 2 is 1.91 bits per heavy atom. The highest BCUT2D eigenvalue weighted by molar-refractivity contribution is 7.16. The van der Waals surface area contributed by atoms with E-state index in [1.807, 2.05) is 6.07 Å². The Labute approximate surface area is 198 Å². The van der Waals surface area contributed by atoms with E-state index < -0.39 is 0 Å². The van der Waals surface area contributed by atoms with Gasteiger partial charge in [0.15, 0.2) is 0 Å². The number of benzene rings is 2. The fraction of sp³-hybridized carbons (Fsp3) is 0.308. The number of rotatable bonds is 4. The van der Waals surface area contributed by atoms with Gasteiger partial charge < -0.3 is 10.4 Å². The average Bonchev–Trinajstić information content (AvgIpc) is 3.12. The molecule has 1 heterocycles. The molecule has 32 heavy (non-hydrogen) atoms. The van der Waals surface area contributed by atoms with E-state index in [9.17, 15) is 9.90 Å². The van der Waals surface area contributed by atoms with Gasteiger partial charge in [-0.2, -0.15) is 0 Å². The third kappa shape index (κ3) is 4.89. The van der Waals surface area contributed by atoms with E-state index in [0.717, 1.165) is 24.8 Å². The van der Waals surface area contributed by atoms with Crippen molar-refractivity contribution < 1.29 is 9.90 Å². The van der Waals surface area contributed by atoms with Crippen molar-refractivity contribution in [2.45, 2.75) is 40.0 Å². The van der Waals surface area contributed by atoms with Gasteiger partial charge in [0.25, 0.3) is 5.91 Å². The number of para-hydroxylation sites is 1. The Morgan fingerprint density at radius 3 is 2.59 bits per heavy atom. The molecule has 0 bridgehead atoms. The maximum absolute atomic E-state index is 13.3. The molecule has 0 unspecified atom stereocenters. The summed E-state index contributed by atoms with van der Waals surface area (Å²) in [6, 6.07) is 14.1. The maximum Gasteiger partial charge on any atom is 0.259 e. The molecule has 0 spiro atoms. The lowest BCUT2D eigenvalue weighted by Crippen LogP contribution is -2.27. The highest BCUT2D eigenvalue weighted by atomic mass is 35.5. The van der Waals surface area contributed by atoms with E-state index in [2.05, 4.69) is 31.1 Å². The minimum atomic E-state index is -0.163. The number of thiophene rings is 1. The number of carbonyl (C=O) groups is 1. The van der Waals surface area contributed by atoms with Crippen LogP contribution in [0.1, 0.15) is 53.6 Å². The van der Waals surface area contributed by atoms with Crippen LogP contribution in [-0.4, -0.2) is 17.2 Å². The lowest BCUT2D eigenvalue weighted by atomic mass is 9.72. The van der Waals surface area contributed by atoms with Crippen molar-refractivity contribution in [2.75, 3.05) is 5.32 Å². The second-order valence-corrected chi connectivity index (χ2v) is 10.8. The fourth-order valence-corrected chi connectivity index (χ4v) is 5.48. The number of nitrogens with one attached hydrogen (secondary N) is 1. The number of phenolic OH excluding ortho intramolecular Hbond substituents is 1. The van der Waals surface area contributed by atoms with Crippen LogP contribution in [0.4, 0.5) is 10.7 Å². The minimum absolute atomic E-state index is 0.163. The van der Waals surface area contributed by atoms with E-state index >= 15 is 0 Å². The summed E-state index contributed by atoms with van der Waals surface area (Å²) < 4.78 is 0. The fourth-order valence-electron chi connectivity index (χ4n) is 4.09. The monoisotopic (exact) mass is 466 g/mol. The number of amides is 1. The van der Waals surface area contributed by atoms with E-state index in [1.54, 1.807) is 60.0 Å². The molecule has 0 saturated carbocycles. The molecule has 4 nitrogen and oxygen atoms in total. The number of nitrogens with zero attached hydrogens (tertiary/aromatic N) is 1. The van der Waals surface area contributed by atoms with Crippen molar-refractivity contribution in [2.24, 2.45) is 16.3 Å². The van der Waals surface area contributed by atoms with Crippen LogP contribution < -0.4 is 5.32 Å². The van der Waals surface area contributed by atoms with Gasteiger partial charge in [0, 0.05) is 27.4 Å². The maximum atomic E-state index is 13.3. The highest BCUT2D eigenvalue weighted by Crippen LogP contribution is 2.45. The lowest BCUT2D eigenvalue weighted by Gasteiger charge is -2.33. The number of hydrogen-bond donors (Lipinski definition) is 2. The summed E-state index contributed by atoms with van der Waals surface area (Å²) in [7, 11) is 0. The molecule has 1 atom stereocenters. The van der Waals surface area contributed by atoms with Gasteiger partial charge in [0.05, 0.1) is 5.56 Å². The Kier molecular flexibility index (Phi) is 6.40. The molecular formula is C26H27ClN2O2S. The van der Waals surface area contributed by atoms with Crippen molar-refractivity contribution in [1.29, 1.82) is 0 Å². The number of phenols is 1. The molecule has 1 aliphatic carbocycles. The number of halogens is 1. The molecule has 0 saturated heterocycles. The molecule has 1 aromatic heterocycles. The third-order valence-corrected chi connectivity index (χ3v) is 7.47. The summed E-state index contributed by atoms with van der Waals surface area (Å²) in [5.74, 6) is 0.567. The Morgan fingerprint density at radius 1 is 1.19 bits per heavy atom. The SMILES string of the molecule is CC(C)(C)[C@H]1CCc2c(sc(N=Cc3ccccc3O)c2C(=O)Nc2ccc(Cl)cc2)C1. The van der Waals surface area contributed by atoms with Gasteiger partial charge in [0.1, 0.15) is 10.8 Å². The first-order valence-electron chi connectivity index (χ1n) is 10.8. The molecule has 2 N–H and O–H groups in total. The molecule has 166 valence electrons. The zero-order chi connectivity index (χ0) is 22.9. The van der Waals surface area contributed by atoms with Crippen LogP contribution in [0.25, 0.3) is 0 Å². The summed E-state index contributed by atoms with van der Waals surface area (Å²) >= 11 is 7.57. The second-order valence-electron chi connectivity index (χ2n) is 9.27. The number of anilines is 1. The molecule has 4 rings (SSSR count). The first-order chi connectivity index (χ1) is 15.2. The van der Waals surface area contributed by atoms with Gasteiger partial charge in [-0.25, -0.2) is 4.99 Å². The molecule has 0 aliphatic heterocycles. The molecular weight excluding hydrogens is 440 g/mol. The van der Waals surface area contributed by atoms with E-state index in [-0.39, 0.29) is 17.1 Å². The minimum Gasteiger partial charge on any atom is -0.507 e. The van der Waals surface area contributed by atoms with Crippen LogP contribution in [0, 0.1) is 11.3 Å². The number of carbonyl (C=O) groups excluding carboxylic acids is 1. The van der Waals surface area contributed by atoms with Crippen LogP contribution >= 0.6 is 22.9 Å². The van der Waals surface area contributed by atoms with Gasteiger partial charge in [-0.15, -0.1) is 11.3 Å². The van der Waals surface area contributed by atoms with Crippen LogP contribution in [-0.2, 0) is 12.8 Å². The summed E-state index contributed by atoms with van der Waals surface area (Å²) in [6.07, 6.45) is 4.50. The third-order valence-electron chi connectivity index (χ3n) is 6.06. The number of fused-ring (bicyclic) bond motifs is 1. The van der Waals surface area contributed by atoms with Crippen molar-refractivity contribution >= 4 is 45.7 Å². The van der Waals surface area contributed by atoms with E-state index in [4.69, 9.17) is 11.6 Å². The summed E-state index contributed by atoms with van der Waals surface area (Å²) in [5.41, 5.74) is 3.27. The largest absolute Gasteiger partial charge is 0.507 e. The van der Waals surface area contributed by atoms with E-state index in [0.29, 0.717) is 32.8 Å². The smallest absolute Gasteiger partial charge is 0.259 e. The van der Waals surface area contributed by atoms with Crippen LogP contribution in [0.5, 0.6) is 5.75 Å². The predicted octanol–water partition coefficient (Wildman–Crippen LogP) is 7.26. The molecule has 3 aromatic rings. The Balaban J connectivity index is 1.71. The van der Waals surface area contributed by atoms with Gasteiger partial charge in [-0.1, -0.05) is 44.5 Å². The predicted molar refractivity (Wildman–Crippen MR) is 134 cm³/mol. The van der Waals surface area contributed by atoms with E-state index in [1.165, 1.54) is 4.88 Å². The van der Waals surface area contributed by atoms with Crippen molar-refractivity contribution in [3.63, 3.8) is 0 Å². The van der Waals surface area contributed by atoms with Crippen LogP contribution in [0.3, 0.4) is 0 Å². The first kappa shape index (κ1) is 22.6. The summed E-state index contributed by atoms with van der Waals surface area (Å²) in [5, 5.41) is 14.4. The average molecular weight is 467 g/mol. The van der Waals surface area contributed by atoms with Gasteiger partial charge in [0.2, 0.25) is 0 Å². The number of hydrogen-bond acceptors (Lipinski definition) is 4. The number of aromatic hydroxyl groups is 1. The summed E-state index contributed by atoms with van der Waals surface area (Å²) in [4.78, 5) is 19.2. The van der Waals surface area contributed by atoms with Crippen LogP contribution in [0.2, 0.25) is 5.02 Å². The molecule has 2 aromatic carbocycles. The van der Waals surface area contributed by atoms with Gasteiger partial charge in [-0.05, 0) is 72.6 Å². The normalized spacial score (nSPS) is 16.2. The molecule has 0 fully saturated rings. The highest BCUT2D eigenvalue weighted by Gasteiger charge is 2.33. The van der Waals surface area contributed by atoms with Crippen molar-refractivity contribution in [1.82, 2.24) is 0 Å². The lowest BCUT2D eigenvalue weighted by molar-refractivity contribution is 0.102. The Hall–Kier alpha value is -2.63. The number of aliphatic imine (C=N–C) groups is 1. The van der Waals surface area contributed by atoms with Crippen LogP contribution in [0.15, 0.2) is 53.5 Å². The quantitative estimate of drug-likeness (QED) is 0.397. The topological polar surface area (TPSA) is 61.7 Å². The molecule has 1 aliphatic rings. The molecule has 1 amide bonds. The zero-order valence-electron chi connectivity index (χ0n) is 18.5. The van der Waals surface area contributed by atoms with Crippen molar-refractivity contribution in [3.8, 4) is 5.75 Å².